The second-order valence-electron chi connectivity index (χ2n) is 5.52. The molecule has 0 saturated carbocycles. The van der Waals surface area contributed by atoms with E-state index in [2.05, 4.69) is 35.6 Å². The zero-order chi connectivity index (χ0) is 12.3. The second kappa shape index (κ2) is 5.51. The highest BCUT2D eigenvalue weighted by Crippen LogP contribution is 2.27. The second-order valence-corrected chi connectivity index (χ2v) is 6.30. The monoisotopic (exact) mass is 253 g/mol. The Kier molecular flexibility index (Phi) is 4.23. The Hall–Kier alpha value is -0.380. The Morgan fingerprint density at radius 3 is 2.88 bits per heavy atom. The van der Waals surface area contributed by atoms with Crippen LogP contribution in [0.2, 0.25) is 0 Å². The van der Waals surface area contributed by atoms with Gasteiger partial charge in [-0.05, 0) is 62.0 Å². The third kappa shape index (κ3) is 3.54. The van der Waals surface area contributed by atoms with E-state index in [0.717, 1.165) is 38.8 Å². The third-order valence-corrected chi connectivity index (χ3v) is 4.53. The van der Waals surface area contributed by atoms with Crippen LogP contribution in [0.25, 0.3) is 0 Å². The maximum Gasteiger partial charge on any atom is 0.0700 e. The number of likely N-dealkylation sites (tertiary alicyclic amines) is 1. The Labute approximate surface area is 108 Å². The zero-order valence-electron chi connectivity index (χ0n) is 10.9. The highest BCUT2D eigenvalue weighted by molar-refractivity contribution is 7.07. The van der Waals surface area contributed by atoms with Crippen molar-refractivity contribution in [3.8, 4) is 0 Å². The molecule has 0 amide bonds. The van der Waals surface area contributed by atoms with Gasteiger partial charge < -0.3 is 10.0 Å². The van der Waals surface area contributed by atoms with Crippen LogP contribution in [0, 0.1) is 0 Å². The van der Waals surface area contributed by atoms with Crippen LogP contribution < -0.4 is 0 Å². The van der Waals surface area contributed by atoms with Crippen molar-refractivity contribution in [1.82, 2.24) is 4.90 Å². The smallest absolute Gasteiger partial charge is 0.0700 e. The number of thiophene rings is 1. The Morgan fingerprint density at radius 2 is 2.24 bits per heavy atom. The molecule has 1 fully saturated rings. The van der Waals surface area contributed by atoms with Crippen molar-refractivity contribution in [2.45, 2.75) is 51.2 Å². The first-order valence-corrected chi connectivity index (χ1v) is 7.51. The van der Waals surface area contributed by atoms with Crippen LogP contribution in [-0.4, -0.2) is 34.7 Å². The largest absolute Gasteiger partial charge is 0.389 e. The fraction of sp³-hybridized carbons (Fsp3) is 0.714. The van der Waals surface area contributed by atoms with Crippen molar-refractivity contribution in [3.63, 3.8) is 0 Å². The summed E-state index contributed by atoms with van der Waals surface area (Å²) >= 11 is 1.72. The van der Waals surface area contributed by atoms with E-state index in [-0.39, 0.29) is 0 Å². The lowest BCUT2D eigenvalue weighted by molar-refractivity contribution is 0.0249. The minimum atomic E-state index is -0.481. The van der Waals surface area contributed by atoms with Crippen LogP contribution >= 0.6 is 11.3 Å². The molecule has 2 heterocycles. The summed E-state index contributed by atoms with van der Waals surface area (Å²) in [5, 5.41) is 14.9. The molecule has 1 unspecified atom stereocenters. The molecule has 1 aromatic heterocycles. The molecule has 1 aliphatic heterocycles. The van der Waals surface area contributed by atoms with E-state index in [1.165, 1.54) is 5.56 Å². The maximum absolute atomic E-state index is 10.7. The summed E-state index contributed by atoms with van der Waals surface area (Å²) in [6.07, 6.45) is 3.77. The molecule has 0 bridgehead atoms. The van der Waals surface area contributed by atoms with Crippen molar-refractivity contribution < 1.29 is 5.11 Å². The number of rotatable bonds is 3. The van der Waals surface area contributed by atoms with Crippen molar-refractivity contribution in [1.29, 1.82) is 0 Å². The average molecular weight is 253 g/mol. The fourth-order valence-electron chi connectivity index (χ4n) is 2.67. The van der Waals surface area contributed by atoms with Gasteiger partial charge in [-0.25, -0.2) is 0 Å². The summed E-state index contributed by atoms with van der Waals surface area (Å²) in [5.74, 6) is 0. The van der Waals surface area contributed by atoms with Crippen molar-refractivity contribution in [2.75, 3.05) is 13.1 Å². The molecule has 3 heteroatoms. The Morgan fingerprint density at radius 1 is 1.41 bits per heavy atom. The predicted octanol–water partition coefficient (Wildman–Crippen LogP) is 2.92. The minimum absolute atomic E-state index is 0.481. The molecule has 0 aromatic carbocycles. The molecule has 1 N–H and O–H groups in total. The molecule has 17 heavy (non-hydrogen) atoms. The van der Waals surface area contributed by atoms with Crippen LogP contribution in [0.3, 0.4) is 0 Å². The van der Waals surface area contributed by atoms with Crippen molar-refractivity contribution in [2.24, 2.45) is 0 Å². The predicted molar refractivity (Wildman–Crippen MR) is 73.5 cm³/mol. The van der Waals surface area contributed by atoms with Gasteiger partial charge in [-0.1, -0.05) is 0 Å². The van der Waals surface area contributed by atoms with Gasteiger partial charge in [0.15, 0.2) is 0 Å². The van der Waals surface area contributed by atoms with E-state index >= 15 is 0 Å². The van der Waals surface area contributed by atoms with Gasteiger partial charge in [0.2, 0.25) is 0 Å². The molecule has 2 nitrogen and oxygen atoms in total. The summed E-state index contributed by atoms with van der Waals surface area (Å²) in [7, 11) is 0. The first-order chi connectivity index (χ1) is 8.09. The summed E-state index contributed by atoms with van der Waals surface area (Å²) < 4.78 is 0. The lowest BCUT2D eigenvalue weighted by Gasteiger charge is -2.28. The van der Waals surface area contributed by atoms with Crippen LogP contribution in [-0.2, 0) is 6.42 Å². The standard InChI is InChI=1S/C14H23NOS/c1-12(2)15-7-3-5-14(16,6-8-15)10-13-4-9-17-11-13/h4,9,11-12,16H,3,5-8,10H2,1-2H3. The molecular weight excluding hydrogens is 230 g/mol. The number of hydrogen-bond acceptors (Lipinski definition) is 3. The number of aliphatic hydroxyl groups is 1. The molecule has 1 aromatic rings. The van der Waals surface area contributed by atoms with E-state index < -0.39 is 5.60 Å². The van der Waals surface area contributed by atoms with Gasteiger partial charge in [0, 0.05) is 19.0 Å². The van der Waals surface area contributed by atoms with Crippen LogP contribution in [0.15, 0.2) is 16.8 Å². The number of nitrogens with zero attached hydrogens (tertiary/aromatic N) is 1. The maximum atomic E-state index is 10.7. The van der Waals surface area contributed by atoms with Crippen molar-refractivity contribution >= 4 is 11.3 Å². The van der Waals surface area contributed by atoms with Gasteiger partial charge in [0.05, 0.1) is 5.60 Å². The third-order valence-electron chi connectivity index (χ3n) is 3.80. The Balaban J connectivity index is 1.96. The molecule has 2 rings (SSSR count). The van der Waals surface area contributed by atoms with E-state index in [0.29, 0.717) is 6.04 Å². The van der Waals surface area contributed by atoms with E-state index in [1.807, 2.05) is 0 Å². The van der Waals surface area contributed by atoms with Gasteiger partial charge in [-0.15, -0.1) is 0 Å². The average Bonchev–Trinajstić information content (AvgIpc) is 2.67. The topological polar surface area (TPSA) is 23.5 Å². The lowest BCUT2D eigenvalue weighted by Crippen LogP contribution is -2.35. The zero-order valence-corrected chi connectivity index (χ0v) is 11.7. The van der Waals surface area contributed by atoms with Crippen LogP contribution in [0.1, 0.15) is 38.7 Å². The fourth-order valence-corrected chi connectivity index (χ4v) is 3.33. The number of hydrogen-bond donors (Lipinski definition) is 1. The van der Waals surface area contributed by atoms with Crippen molar-refractivity contribution in [3.05, 3.63) is 22.4 Å². The lowest BCUT2D eigenvalue weighted by atomic mass is 9.89. The van der Waals surface area contributed by atoms with E-state index in [1.54, 1.807) is 11.3 Å². The summed E-state index contributed by atoms with van der Waals surface area (Å²) in [6.45, 7) is 6.63. The van der Waals surface area contributed by atoms with E-state index in [9.17, 15) is 5.11 Å². The van der Waals surface area contributed by atoms with Gasteiger partial charge in [0.1, 0.15) is 0 Å². The highest BCUT2D eigenvalue weighted by Gasteiger charge is 2.30. The van der Waals surface area contributed by atoms with E-state index in [4.69, 9.17) is 0 Å². The SMILES string of the molecule is CC(C)N1CCCC(O)(Cc2ccsc2)CC1. The molecule has 0 radical (unpaired) electrons. The van der Waals surface area contributed by atoms with Crippen LogP contribution in [0.4, 0.5) is 0 Å². The van der Waals surface area contributed by atoms with Crippen LogP contribution in [0.5, 0.6) is 0 Å². The molecule has 0 aliphatic carbocycles. The van der Waals surface area contributed by atoms with Gasteiger partial charge in [0.25, 0.3) is 0 Å². The minimum Gasteiger partial charge on any atom is -0.389 e. The quantitative estimate of drug-likeness (QED) is 0.895. The van der Waals surface area contributed by atoms with Gasteiger partial charge in [-0.2, -0.15) is 11.3 Å². The highest BCUT2D eigenvalue weighted by atomic mass is 32.1. The first kappa shape index (κ1) is 13.1. The molecule has 1 aliphatic rings. The molecule has 1 atom stereocenters. The normalized spacial score (nSPS) is 27.3. The summed E-state index contributed by atoms with van der Waals surface area (Å²) in [6, 6.07) is 2.73. The molecule has 96 valence electrons. The molecular formula is C14H23NOS. The summed E-state index contributed by atoms with van der Waals surface area (Å²) in [5.41, 5.74) is 0.806. The van der Waals surface area contributed by atoms with Gasteiger partial charge in [-0.3, -0.25) is 0 Å². The first-order valence-electron chi connectivity index (χ1n) is 6.57. The Bertz CT molecular complexity index is 336. The molecule has 0 spiro atoms. The molecule has 1 saturated heterocycles. The summed E-state index contributed by atoms with van der Waals surface area (Å²) in [4.78, 5) is 2.48. The van der Waals surface area contributed by atoms with Gasteiger partial charge >= 0.3 is 0 Å².